The Morgan fingerprint density at radius 3 is 2.83 bits per heavy atom. The van der Waals surface area contributed by atoms with Gasteiger partial charge >= 0.3 is 6.09 Å². The number of nitrogens with zero attached hydrogens (tertiary/aromatic N) is 4. The highest BCUT2D eigenvalue weighted by Gasteiger charge is 2.22. The zero-order chi connectivity index (χ0) is 20.6. The lowest BCUT2D eigenvalue weighted by Crippen LogP contribution is -2.48. The third-order valence-corrected chi connectivity index (χ3v) is 4.32. The monoisotopic (exact) mass is 521 g/mol. The molecule has 1 aromatic rings. The van der Waals surface area contributed by atoms with Gasteiger partial charge in [0.1, 0.15) is 17.8 Å². The molecule has 1 amide bonds. The number of carbonyl (C=O) groups excluding carboxylic acids is 1. The van der Waals surface area contributed by atoms with E-state index in [1.54, 1.807) is 6.33 Å². The number of hydrogen-bond acceptors (Lipinski definition) is 5. The van der Waals surface area contributed by atoms with Crippen molar-refractivity contribution in [3.63, 3.8) is 0 Å². The molecule has 2 atom stereocenters. The molecule has 0 aliphatic carbocycles. The minimum atomic E-state index is -0.512. The molecule has 3 N–H and O–H groups in total. The van der Waals surface area contributed by atoms with Crippen LogP contribution in [0, 0.1) is 0 Å². The summed E-state index contributed by atoms with van der Waals surface area (Å²) in [7, 11) is 0. The van der Waals surface area contributed by atoms with Crippen molar-refractivity contribution in [2.45, 2.75) is 84.5 Å². The number of aliphatic imine (C=N–C) groups is 1. The maximum absolute atomic E-state index is 12.1. The minimum Gasteiger partial charge on any atom is -0.444 e. The van der Waals surface area contributed by atoms with E-state index in [4.69, 9.17) is 9.73 Å². The summed E-state index contributed by atoms with van der Waals surface area (Å²) in [5, 5.41) is 14.0. The van der Waals surface area contributed by atoms with E-state index in [-0.39, 0.29) is 36.1 Å². The number of hydrogen-bond donors (Lipinski definition) is 3. The lowest BCUT2D eigenvalue weighted by atomic mass is 10.1. The van der Waals surface area contributed by atoms with Crippen LogP contribution in [-0.4, -0.2) is 57.6 Å². The molecule has 0 saturated heterocycles. The first-order valence-electron chi connectivity index (χ1n) is 10.2. The van der Waals surface area contributed by atoms with Crippen LogP contribution < -0.4 is 16.0 Å². The van der Waals surface area contributed by atoms with Gasteiger partial charge in [0.25, 0.3) is 0 Å². The molecule has 2 heterocycles. The highest BCUT2D eigenvalue weighted by molar-refractivity contribution is 14.0. The van der Waals surface area contributed by atoms with Crippen molar-refractivity contribution >= 4 is 36.0 Å². The van der Waals surface area contributed by atoms with Crippen molar-refractivity contribution in [2.75, 3.05) is 13.1 Å². The molecule has 1 aliphatic rings. The third kappa shape index (κ3) is 9.18. The molecule has 0 fully saturated rings. The van der Waals surface area contributed by atoms with Crippen LogP contribution in [0.3, 0.4) is 0 Å². The van der Waals surface area contributed by atoms with Gasteiger partial charge in [-0.15, -0.1) is 24.0 Å². The predicted molar refractivity (Wildman–Crippen MR) is 125 cm³/mol. The van der Waals surface area contributed by atoms with Gasteiger partial charge in [0.2, 0.25) is 0 Å². The van der Waals surface area contributed by atoms with E-state index in [1.165, 1.54) is 0 Å². The molecular weight excluding hydrogens is 485 g/mol. The van der Waals surface area contributed by atoms with Gasteiger partial charge in [-0.25, -0.2) is 14.5 Å². The van der Waals surface area contributed by atoms with E-state index in [1.807, 2.05) is 32.4 Å². The molecule has 0 saturated carbocycles. The van der Waals surface area contributed by atoms with Crippen LogP contribution in [0.2, 0.25) is 0 Å². The van der Waals surface area contributed by atoms with Gasteiger partial charge in [0, 0.05) is 19.0 Å². The smallest absolute Gasteiger partial charge is 0.407 e. The molecule has 10 heteroatoms. The number of guanidine groups is 1. The molecule has 2 unspecified atom stereocenters. The largest absolute Gasteiger partial charge is 0.444 e. The van der Waals surface area contributed by atoms with E-state index in [0.29, 0.717) is 6.54 Å². The lowest BCUT2D eigenvalue weighted by molar-refractivity contribution is 0.0503. The summed E-state index contributed by atoms with van der Waals surface area (Å²) in [6.45, 7) is 11.7. The van der Waals surface area contributed by atoms with Crippen LogP contribution in [0.1, 0.15) is 59.7 Å². The zero-order valence-electron chi connectivity index (χ0n) is 18.2. The van der Waals surface area contributed by atoms with Crippen LogP contribution in [0.15, 0.2) is 11.3 Å². The van der Waals surface area contributed by atoms with Gasteiger partial charge < -0.3 is 20.7 Å². The third-order valence-electron chi connectivity index (χ3n) is 4.32. The maximum Gasteiger partial charge on any atom is 0.407 e. The van der Waals surface area contributed by atoms with Gasteiger partial charge in [-0.2, -0.15) is 5.10 Å². The van der Waals surface area contributed by atoms with E-state index in [9.17, 15) is 4.79 Å². The number of amides is 1. The lowest BCUT2D eigenvalue weighted by Gasteiger charge is -2.26. The number of ether oxygens (including phenoxy) is 1. The molecule has 0 aromatic carbocycles. The number of fused-ring (bicyclic) bond motifs is 1. The first-order valence-corrected chi connectivity index (χ1v) is 10.2. The minimum absolute atomic E-state index is 0. The first kappa shape index (κ1) is 25.4. The molecule has 166 valence electrons. The van der Waals surface area contributed by atoms with Crippen molar-refractivity contribution in [1.82, 2.24) is 30.7 Å². The van der Waals surface area contributed by atoms with Crippen molar-refractivity contribution in [2.24, 2.45) is 4.99 Å². The summed E-state index contributed by atoms with van der Waals surface area (Å²) >= 11 is 0. The predicted octanol–water partition coefficient (Wildman–Crippen LogP) is 2.46. The normalized spacial score (nSPS) is 17.6. The number of halogens is 1. The Hall–Kier alpha value is -1.59. The second-order valence-electron chi connectivity index (χ2n) is 8.09. The van der Waals surface area contributed by atoms with Crippen molar-refractivity contribution in [1.29, 1.82) is 0 Å². The fourth-order valence-electron chi connectivity index (χ4n) is 3.10. The Labute approximate surface area is 190 Å². The number of aryl methyl sites for hydroxylation is 1. The van der Waals surface area contributed by atoms with Crippen LogP contribution >= 0.6 is 24.0 Å². The Kier molecular flexibility index (Phi) is 10.7. The fourth-order valence-corrected chi connectivity index (χ4v) is 3.10. The van der Waals surface area contributed by atoms with Crippen molar-refractivity contribution in [3.05, 3.63) is 12.2 Å². The summed E-state index contributed by atoms with van der Waals surface area (Å²) in [5.74, 6) is 1.78. The fraction of sp³-hybridized carbons (Fsp3) is 0.789. The van der Waals surface area contributed by atoms with Gasteiger partial charge in [0.15, 0.2) is 5.96 Å². The van der Waals surface area contributed by atoms with Gasteiger partial charge in [-0.3, -0.25) is 4.99 Å². The highest BCUT2D eigenvalue weighted by atomic mass is 127. The average molecular weight is 521 g/mol. The number of carbonyl (C=O) groups is 1. The molecule has 1 aromatic heterocycles. The summed E-state index contributed by atoms with van der Waals surface area (Å²) in [4.78, 5) is 21.1. The Morgan fingerprint density at radius 1 is 1.41 bits per heavy atom. The number of rotatable bonds is 7. The molecule has 1 aliphatic heterocycles. The average Bonchev–Trinajstić information content (AvgIpc) is 3.06. The van der Waals surface area contributed by atoms with Gasteiger partial charge in [-0.1, -0.05) is 13.3 Å². The molecule has 0 radical (unpaired) electrons. The van der Waals surface area contributed by atoms with E-state index >= 15 is 0 Å². The molecule has 0 spiro atoms. The van der Waals surface area contributed by atoms with Crippen LogP contribution in [0.4, 0.5) is 4.79 Å². The Morgan fingerprint density at radius 2 is 2.17 bits per heavy atom. The topological polar surface area (TPSA) is 105 Å². The molecule has 0 bridgehead atoms. The van der Waals surface area contributed by atoms with Crippen molar-refractivity contribution in [3.8, 4) is 0 Å². The summed E-state index contributed by atoms with van der Waals surface area (Å²) in [6.07, 6.45) is 4.89. The van der Waals surface area contributed by atoms with E-state index < -0.39 is 11.7 Å². The highest BCUT2D eigenvalue weighted by Crippen LogP contribution is 2.11. The van der Waals surface area contributed by atoms with Crippen LogP contribution in [-0.2, 0) is 17.7 Å². The molecule has 9 nitrogen and oxygen atoms in total. The summed E-state index contributed by atoms with van der Waals surface area (Å²) < 4.78 is 7.31. The number of nitrogens with one attached hydrogen (secondary N) is 3. The summed E-state index contributed by atoms with van der Waals surface area (Å²) in [6, 6.07) is 0.180. The van der Waals surface area contributed by atoms with Gasteiger partial charge in [-0.05, 0) is 40.5 Å². The first-order chi connectivity index (χ1) is 13.3. The second kappa shape index (κ2) is 12.2. The molecule has 29 heavy (non-hydrogen) atoms. The molecular formula is C19H36IN7O2. The van der Waals surface area contributed by atoms with E-state index in [2.05, 4.69) is 33.0 Å². The van der Waals surface area contributed by atoms with Crippen LogP contribution in [0.25, 0.3) is 0 Å². The standard InChI is InChI=1S/C19H35N7O2.HI/c1-6-8-14(25-18(27)28-19(3,4)5)11-21-17(20-7-2)24-15-9-10-16-22-13-23-26(16)12-15;/h13-15H,6-12H2,1-5H3,(H,25,27)(H2,20,21,24);1H. The quantitative estimate of drug-likeness (QED) is 0.289. The molecule has 2 rings (SSSR count). The SMILES string of the molecule is CCCC(CN=C(NCC)NC1CCc2ncnn2C1)NC(=O)OC(C)(C)C.I. The Bertz CT molecular complexity index is 657. The van der Waals surface area contributed by atoms with E-state index in [0.717, 1.165) is 50.6 Å². The number of aromatic nitrogens is 3. The van der Waals surface area contributed by atoms with Gasteiger partial charge in [0.05, 0.1) is 19.1 Å². The zero-order valence-corrected chi connectivity index (χ0v) is 20.5. The van der Waals surface area contributed by atoms with Crippen LogP contribution in [0.5, 0.6) is 0 Å². The number of alkyl carbamates (subject to hydrolysis) is 1. The maximum atomic E-state index is 12.1. The second-order valence-corrected chi connectivity index (χ2v) is 8.09. The van der Waals surface area contributed by atoms with Crippen molar-refractivity contribution < 1.29 is 9.53 Å². The summed E-state index contributed by atoms with van der Waals surface area (Å²) in [5.41, 5.74) is -0.512. The Balaban J connectivity index is 0.00000420.